The summed E-state index contributed by atoms with van der Waals surface area (Å²) in [6.45, 7) is 13.3. The van der Waals surface area contributed by atoms with Crippen LogP contribution in [0.4, 0.5) is 19.0 Å². The molecule has 0 atom stereocenters. The first kappa shape index (κ1) is 34.6. The van der Waals surface area contributed by atoms with Gasteiger partial charge in [-0.2, -0.15) is 13.2 Å². The monoisotopic (exact) mass is 598 g/mol. The maximum atomic E-state index is 12.9. The predicted molar refractivity (Wildman–Crippen MR) is 157 cm³/mol. The normalized spacial score (nSPS) is 10.8. The Morgan fingerprint density at radius 1 is 1.05 bits per heavy atom. The van der Waals surface area contributed by atoms with E-state index in [9.17, 15) is 26.4 Å². The Hall–Kier alpha value is -3.38. The van der Waals surface area contributed by atoms with Crippen LogP contribution in [0.15, 0.2) is 70.4 Å². The second-order valence-corrected chi connectivity index (χ2v) is 11.0. The number of benzene rings is 1. The molecule has 0 fully saturated rings. The Morgan fingerprint density at radius 3 is 2.12 bits per heavy atom. The van der Waals surface area contributed by atoms with Crippen LogP contribution in [0.5, 0.6) is 0 Å². The topological polar surface area (TPSA) is 82.6 Å². The summed E-state index contributed by atoms with van der Waals surface area (Å²) in [5.41, 5.74) is 0.528. The average Bonchev–Trinajstić information content (AvgIpc) is 3.50. The van der Waals surface area contributed by atoms with Gasteiger partial charge in [-0.1, -0.05) is 52.5 Å². The fourth-order valence-corrected chi connectivity index (χ4v) is 5.85. The van der Waals surface area contributed by atoms with Gasteiger partial charge >= 0.3 is 6.18 Å². The van der Waals surface area contributed by atoms with E-state index < -0.39 is 27.7 Å². The number of aromatic nitrogens is 1. The smallest absolute Gasteiger partial charge is 0.363 e. The highest BCUT2D eigenvalue weighted by Crippen LogP contribution is 2.31. The number of nitrogens with one attached hydrogen (secondary N) is 1. The van der Waals surface area contributed by atoms with Gasteiger partial charge in [0.25, 0.3) is 15.9 Å². The number of rotatable bonds is 9. The van der Waals surface area contributed by atoms with Gasteiger partial charge in [-0.3, -0.25) is 9.10 Å². The van der Waals surface area contributed by atoms with Crippen LogP contribution in [0.25, 0.3) is 11.3 Å². The van der Waals surface area contributed by atoms with E-state index in [0.717, 1.165) is 27.8 Å². The standard InChI is InChI=1S/C24H25F3N4O3S2.2C2H6/c1-5-31(36(33,34)22-7-6-12-35-22)16(2)23(32)28-15-17-13-20(29-21(14-17)30(3)4)18-8-10-19(11-9-18)24(25,26)27;2*1-2/h6-14H,2,5,15H2,1,3-4H3,(H,28,32);2*1-2H3. The largest absolute Gasteiger partial charge is 0.416 e. The third kappa shape index (κ3) is 8.82. The van der Waals surface area contributed by atoms with E-state index in [2.05, 4.69) is 16.9 Å². The second-order valence-electron chi connectivity index (χ2n) is 7.92. The molecule has 0 radical (unpaired) electrons. The van der Waals surface area contributed by atoms with Crippen LogP contribution in [-0.2, 0) is 27.5 Å². The SMILES string of the molecule is C=C(C(=O)NCc1cc(-c2ccc(C(F)(F)F)cc2)nc(N(C)C)c1)N(CC)S(=O)(=O)c1cccs1.CC.CC. The highest BCUT2D eigenvalue weighted by molar-refractivity contribution is 7.91. The highest BCUT2D eigenvalue weighted by Gasteiger charge is 2.30. The van der Waals surface area contributed by atoms with Crippen molar-refractivity contribution in [3.8, 4) is 11.3 Å². The van der Waals surface area contributed by atoms with Gasteiger partial charge in [0.15, 0.2) is 0 Å². The van der Waals surface area contributed by atoms with Gasteiger partial charge < -0.3 is 10.2 Å². The van der Waals surface area contributed by atoms with Gasteiger partial charge in [0.2, 0.25) is 0 Å². The summed E-state index contributed by atoms with van der Waals surface area (Å²) in [6, 6.07) is 11.1. The lowest BCUT2D eigenvalue weighted by molar-refractivity contribution is -0.137. The van der Waals surface area contributed by atoms with Crippen molar-refractivity contribution in [2.45, 2.75) is 51.5 Å². The Kier molecular flexibility index (Phi) is 13.4. The molecule has 0 aliphatic heterocycles. The van der Waals surface area contributed by atoms with Crippen molar-refractivity contribution in [2.24, 2.45) is 0 Å². The lowest BCUT2D eigenvalue weighted by Crippen LogP contribution is -2.37. The van der Waals surface area contributed by atoms with Crippen molar-refractivity contribution in [3.63, 3.8) is 0 Å². The summed E-state index contributed by atoms with van der Waals surface area (Å²) < 4.78 is 65.5. The zero-order valence-corrected chi connectivity index (χ0v) is 25.5. The second kappa shape index (κ2) is 15.4. The maximum absolute atomic E-state index is 12.9. The Labute approximate surface area is 239 Å². The van der Waals surface area contributed by atoms with Crippen LogP contribution in [0.2, 0.25) is 0 Å². The lowest BCUT2D eigenvalue weighted by Gasteiger charge is -2.23. The molecule has 0 aliphatic carbocycles. The molecule has 0 bridgehead atoms. The number of amides is 1. The summed E-state index contributed by atoms with van der Waals surface area (Å²) in [4.78, 5) is 19.0. The van der Waals surface area contributed by atoms with Crippen molar-refractivity contribution < 1.29 is 26.4 Å². The van der Waals surface area contributed by atoms with Crippen LogP contribution >= 0.6 is 11.3 Å². The molecule has 2 heterocycles. The molecule has 1 N–H and O–H groups in total. The molecule has 0 unspecified atom stereocenters. The average molecular weight is 599 g/mol. The van der Waals surface area contributed by atoms with Crippen molar-refractivity contribution in [1.82, 2.24) is 14.6 Å². The number of carbonyl (C=O) groups is 1. The number of likely N-dealkylation sites (N-methyl/N-ethyl adjacent to an activating group) is 1. The summed E-state index contributed by atoms with van der Waals surface area (Å²) in [7, 11) is -0.392. The number of nitrogens with zero attached hydrogens (tertiary/aromatic N) is 3. The summed E-state index contributed by atoms with van der Waals surface area (Å²) in [5, 5.41) is 4.30. The van der Waals surface area contributed by atoms with E-state index in [4.69, 9.17) is 0 Å². The Morgan fingerprint density at radius 2 is 1.65 bits per heavy atom. The van der Waals surface area contributed by atoms with Crippen molar-refractivity contribution >= 4 is 33.1 Å². The van der Waals surface area contributed by atoms with E-state index >= 15 is 0 Å². The van der Waals surface area contributed by atoms with E-state index in [-0.39, 0.29) is 23.0 Å². The first-order chi connectivity index (χ1) is 18.8. The zero-order valence-electron chi connectivity index (χ0n) is 23.8. The molecule has 1 amide bonds. The first-order valence-electron chi connectivity index (χ1n) is 12.7. The molecule has 0 saturated heterocycles. The summed E-state index contributed by atoms with van der Waals surface area (Å²) >= 11 is 1.04. The van der Waals surface area contributed by atoms with Gasteiger partial charge in [0.05, 0.1) is 11.3 Å². The minimum Gasteiger partial charge on any atom is -0.363 e. The molecule has 7 nitrogen and oxygen atoms in total. The number of anilines is 1. The molecular formula is C28H37F3N4O3S2. The summed E-state index contributed by atoms with van der Waals surface area (Å²) in [6.07, 6.45) is -4.45. The quantitative estimate of drug-likeness (QED) is 0.274. The number of alkyl halides is 3. The molecular weight excluding hydrogens is 561 g/mol. The van der Waals surface area contributed by atoms with E-state index in [1.165, 1.54) is 18.2 Å². The van der Waals surface area contributed by atoms with Gasteiger partial charge in [0.1, 0.15) is 15.7 Å². The van der Waals surface area contributed by atoms with Crippen LogP contribution < -0.4 is 10.2 Å². The van der Waals surface area contributed by atoms with E-state index in [0.29, 0.717) is 22.6 Å². The molecule has 0 saturated carbocycles. The van der Waals surface area contributed by atoms with Gasteiger partial charge in [0, 0.05) is 32.7 Å². The molecule has 2 aromatic heterocycles. The van der Waals surface area contributed by atoms with E-state index in [1.54, 1.807) is 49.5 Å². The van der Waals surface area contributed by atoms with Gasteiger partial charge in [-0.15, -0.1) is 11.3 Å². The lowest BCUT2D eigenvalue weighted by atomic mass is 10.1. The van der Waals surface area contributed by atoms with Gasteiger partial charge in [-0.05, 0) is 48.2 Å². The molecule has 1 aromatic carbocycles. The molecule has 40 heavy (non-hydrogen) atoms. The number of hydrogen-bond donors (Lipinski definition) is 1. The number of carbonyl (C=O) groups excluding carboxylic acids is 1. The summed E-state index contributed by atoms with van der Waals surface area (Å²) in [5.74, 6) is -0.137. The molecule has 3 rings (SSSR count). The van der Waals surface area contributed by atoms with Crippen molar-refractivity contribution in [2.75, 3.05) is 25.5 Å². The van der Waals surface area contributed by atoms with Crippen LogP contribution in [-0.4, -0.2) is 44.3 Å². The molecule has 0 spiro atoms. The maximum Gasteiger partial charge on any atom is 0.416 e. The molecule has 220 valence electrons. The highest BCUT2D eigenvalue weighted by atomic mass is 32.2. The number of hydrogen-bond acceptors (Lipinski definition) is 6. The first-order valence-corrected chi connectivity index (χ1v) is 15.1. The molecule has 0 aliphatic rings. The Balaban J connectivity index is 0.00000191. The number of thiophene rings is 1. The van der Waals surface area contributed by atoms with Crippen LogP contribution in [0, 0.1) is 0 Å². The number of pyridine rings is 1. The number of sulfonamides is 1. The van der Waals surface area contributed by atoms with Crippen molar-refractivity contribution in [3.05, 3.63) is 77.3 Å². The number of halogens is 3. The van der Waals surface area contributed by atoms with Crippen molar-refractivity contribution in [1.29, 1.82) is 0 Å². The third-order valence-electron chi connectivity index (χ3n) is 5.18. The van der Waals surface area contributed by atoms with E-state index in [1.807, 2.05) is 27.7 Å². The third-order valence-corrected chi connectivity index (χ3v) is 8.47. The molecule has 3 aromatic rings. The minimum absolute atomic E-state index is 0.0184. The minimum atomic E-state index is -4.45. The Bertz CT molecular complexity index is 1340. The predicted octanol–water partition coefficient (Wildman–Crippen LogP) is 6.79. The van der Waals surface area contributed by atoms with Crippen LogP contribution in [0.1, 0.15) is 45.7 Å². The fraction of sp³-hybridized carbons (Fsp3) is 0.357. The van der Waals surface area contributed by atoms with Crippen LogP contribution in [0.3, 0.4) is 0 Å². The fourth-order valence-electron chi connectivity index (χ4n) is 3.30. The van der Waals surface area contributed by atoms with Gasteiger partial charge in [-0.25, -0.2) is 13.4 Å². The zero-order chi connectivity index (χ0) is 30.7. The molecule has 12 heteroatoms.